The van der Waals surface area contributed by atoms with E-state index in [4.69, 9.17) is 11.5 Å². The maximum absolute atomic E-state index is 13.7. The molecule has 3 aromatic heterocycles. The Morgan fingerprint density at radius 2 is 1.18 bits per heavy atom. The molecule has 0 saturated heterocycles. The van der Waals surface area contributed by atoms with Crippen LogP contribution in [0.5, 0.6) is 11.8 Å². The average Bonchev–Trinajstić information content (AvgIpc) is 3.21. The van der Waals surface area contributed by atoms with Crippen molar-refractivity contribution in [2.75, 3.05) is 17.2 Å². The van der Waals surface area contributed by atoms with Gasteiger partial charge in [-0.3, -0.25) is 28.7 Å². The molecule has 5 rings (SSSR count). The Bertz CT molecular complexity index is 3170. The molecule has 0 spiro atoms. The Hall–Kier alpha value is -9.89. The van der Waals surface area contributed by atoms with Crippen LogP contribution >= 0.6 is 0 Å². The van der Waals surface area contributed by atoms with Crippen LogP contribution in [0.3, 0.4) is 0 Å². The largest absolute Gasteiger partial charge is 0.494 e. The number of carboxylic acid groups (broad SMARTS) is 4. The van der Waals surface area contributed by atoms with Crippen molar-refractivity contribution in [1.82, 2.24) is 24.1 Å². The smallest absolute Gasteiger partial charge is 0.351 e. The summed E-state index contributed by atoms with van der Waals surface area (Å²) in [5.41, 5.74) is 1.55. The third kappa shape index (κ3) is 9.54. The highest BCUT2D eigenvalue weighted by Crippen LogP contribution is 2.31. The van der Waals surface area contributed by atoms with E-state index < -0.39 is 140 Å². The zero-order valence-electron chi connectivity index (χ0n) is 33.2. The summed E-state index contributed by atoms with van der Waals surface area (Å²) >= 11 is 0. The van der Waals surface area contributed by atoms with Gasteiger partial charge in [0.25, 0.3) is 22.9 Å². The predicted octanol–water partition coefficient (Wildman–Crippen LogP) is 1.99. The number of nitrogens with zero attached hydrogens (tertiary/aromatic N) is 8. The van der Waals surface area contributed by atoms with Crippen LogP contribution in [-0.4, -0.2) is 97.0 Å². The number of H-pyrrole nitrogens is 1. The molecular formula is C37H31N13O15. The lowest BCUT2D eigenvalue weighted by molar-refractivity contribution is 0.0682. The summed E-state index contributed by atoms with van der Waals surface area (Å²) < 4.78 is 0.974. The van der Waals surface area contributed by atoms with E-state index >= 15 is 0 Å². The van der Waals surface area contributed by atoms with Crippen LogP contribution in [0.15, 0.2) is 77.8 Å². The molecule has 28 heteroatoms. The molecule has 2 aromatic carbocycles. The number of aromatic amines is 1. The summed E-state index contributed by atoms with van der Waals surface area (Å²) in [6.07, 6.45) is 0. The number of amides is 2. The molecule has 0 aliphatic rings. The highest BCUT2D eigenvalue weighted by Gasteiger charge is 2.26. The molecule has 334 valence electrons. The lowest BCUT2D eigenvalue weighted by Gasteiger charge is -2.17. The number of carboxylic acids is 4. The molecule has 0 unspecified atom stereocenters. The maximum Gasteiger partial charge on any atom is 0.351 e. The number of pyridine rings is 2. The number of primary amides is 2. The fourth-order valence-corrected chi connectivity index (χ4v) is 5.91. The van der Waals surface area contributed by atoms with Gasteiger partial charge in [0.05, 0.1) is 22.3 Å². The summed E-state index contributed by atoms with van der Waals surface area (Å²) in [6, 6.07) is 5.59. The number of carbonyl (C=O) groups is 6. The van der Waals surface area contributed by atoms with Crippen molar-refractivity contribution in [1.29, 1.82) is 0 Å². The Kier molecular flexibility index (Phi) is 13.1. The molecule has 28 nitrogen and oxygen atoms in total. The molecular weight excluding hydrogens is 866 g/mol. The molecule has 5 aromatic rings. The third-order valence-electron chi connectivity index (χ3n) is 8.99. The summed E-state index contributed by atoms with van der Waals surface area (Å²) in [4.78, 5) is 121. The summed E-state index contributed by atoms with van der Waals surface area (Å²) in [5.74, 6) is -12.1. The zero-order valence-corrected chi connectivity index (χ0v) is 33.2. The van der Waals surface area contributed by atoms with Crippen molar-refractivity contribution in [3.05, 3.63) is 119 Å². The molecule has 0 aliphatic heterocycles. The molecule has 13 N–H and O–H groups in total. The quantitative estimate of drug-likeness (QED) is 0.0594. The van der Waals surface area contributed by atoms with Crippen molar-refractivity contribution < 1.29 is 59.4 Å². The predicted molar refractivity (Wildman–Crippen MR) is 220 cm³/mol. The summed E-state index contributed by atoms with van der Waals surface area (Å²) in [6.45, 7) is 5.00. The van der Waals surface area contributed by atoms with Gasteiger partial charge in [-0.2, -0.15) is 9.97 Å². The minimum Gasteiger partial charge on any atom is -0.494 e. The number of hydrogen-bond acceptors (Lipinski definition) is 19. The number of aromatic hydroxyl groups is 2. The van der Waals surface area contributed by atoms with Gasteiger partial charge < -0.3 is 52.7 Å². The second kappa shape index (κ2) is 18.4. The van der Waals surface area contributed by atoms with Crippen molar-refractivity contribution in [2.24, 2.45) is 31.9 Å². The number of benzene rings is 2. The average molecular weight is 898 g/mol. The standard InChI is InChI=1S/C37H31N13O15/c1-12-21(25(38)51)27(53)49(29(55)23(12)47-45-19-10-15(31(57)58)4-6-17(19)33(61)62)9-8-40-35-42-36(44-37(65)43-35)41-14(3)50-28(54)22(26(39)52)13(2)24(30(50)56)48-46-20-11-16(32(59)60)5-7-18(20)34(63)64/h4-7,10-11,53-54H,3,8-9H2,1-2H3,(H2,38,51)(H2,39,52)(H,57,58)(H,59,60)(H,61,62)(H,63,64)(H3,40,41,42,43,44,65). The molecule has 0 saturated carbocycles. The molecule has 2 amide bonds. The second-order valence-electron chi connectivity index (χ2n) is 13.1. The minimum atomic E-state index is -1.53. The fourth-order valence-electron chi connectivity index (χ4n) is 5.91. The van der Waals surface area contributed by atoms with Crippen LogP contribution in [-0.2, 0) is 6.54 Å². The van der Waals surface area contributed by atoms with E-state index in [0.717, 1.165) is 43.3 Å². The van der Waals surface area contributed by atoms with E-state index in [1.54, 1.807) is 0 Å². The molecule has 0 aliphatic carbocycles. The van der Waals surface area contributed by atoms with Crippen LogP contribution in [0.1, 0.15) is 73.3 Å². The van der Waals surface area contributed by atoms with Gasteiger partial charge in [0.1, 0.15) is 28.3 Å². The normalized spacial score (nSPS) is 11.1. The molecule has 3 heterocycles. The van der Waals surface area contributed by atoms with Crippen LogP contribution in [0, 0.1) is 13.8 Å². The number of hydrogen-bond donors (Lipinski definition) is 11. The number of nitrogens with one attached hydrogen (secondary N) is 3. The van der Waals surface area contributed by atoms with Gasteiger partial charge in [-0.1, -0.05) is 6.58 Å². The highest BCUT2D eigenvalue weighted by molar-refractivity contribution is 6.00. The Morgan fingerprint density at radius 3 is 1.65 bits per heavy atom. The van der Waals surface area contributed by atoms with Crippen molar-refractivity contribution in [3.8, 4) is 11.8 Å². The first-order chi connectivity index (χ1) is 30.5. The molecule has 0 fully saturated rings. The van der Waals surface area contributed by atoms with E-state index in [1.807, 2.05) is 0 Å². The first-order valence-corrected chi connectivity index (χ1v) is 17.8. The van der Waals surface area contributed by atoms with E-state index in [2.05, 4.69) is 52.6 Å². The molecule has 0 bridgehead atoms. The number of carbonyl (C=O) groups excluding carboxylic acids is 2. The highest BCUT2D eigenvalue weighted by atomic mass is 16.4. The molecule has 0 radical (unpaired) electrons. The Morgan fingerprint density at radius 1 is 0.708 bits per heavy atom. The number of rotatable bonds is 17. The van der Waals surface area contributed by atoms with E-state index in [-0.39, 0.29) is 22.3 Å². The number of aromatic nitrogens is 5. The topological polar surface area (TPSA) is 452 Å². The molecule has 0 atom stereocenters. The number of azo groups is 2. The van der Waals surface area contributed by atoms with Crippen LogP contribution in [0.25, 0.3) is 5.82 Å². The lowest BCUT2D eigenvalue weighted by atomic mass is 10.1. The van der Waals surface area contributed by atoms with Gasteiger partial charge in [0, 0.05) is 24.2 Å². The second-order valence-corrected chi connectivity index (χ2v) is 13.1. The summed E-state index contributed by atoms with van der Waals surface area (Å²) in [5, 5.41) is 79.7. The minimum absolute atomic E-state index is 0.275. The fraction of sp³-hybridized carbons (Fsp3) is 0.108. The number of nitrogens with two attached hydrogens (primary N) is 2. The lowest BCUT2D eigenvalue weighted by Crippen LogP contribution is -2.29. The van der Waals surface area contributed by atoms with Gasteiger partial charge in [-0.15, -0.1) is 20.5 Å². The molecule has 65 heavy (non-hydrogen) atoms. The van der Waals surface area contributed by atoms with Gasteiger partial charge in [0.2, 0.25) is 23.7 Å². The third-order valence-corrected chi connectivity index (χ3v) is 8.99. The van der Waals surface area contributed by atoms with E-state index in [1.165, 1.54) is 6.92 Å². The van der Waals surface area contributed by atoms with Gasteiger partial charge in [-0.25, -0.2) is 28.5 Å². The van der Waals surface area contributed by atoms with Crippen molar-refractivity contribution in [3.63, 3.8) is 0 Å². The van der Waals surface area contributed by atoms with E-state index in [0.29, 0.717) is 9.13 Å². The van der Waals surface area contributed by atoms with Crippen LogP contribution < -0.4 is 38.9 Å². The first kappa shape index (κ1) is 46.2. The summed E-state index contributed by atoms with van der Waals surface area (Å²) in [7, 11) is 0. The SMILES string of the molecule is C=C(Nc1nc(NCCn2c(O)c(C(N)=O)c(C)c(N=Nc3cc(C(=O)O)ccc3C(=O)O)c2=O)nc(=O)[nH]1)n1c(O)c(C(N)=O)c(C)c(N=Nc2cc(C(=O)O)ccc2C(=O)O)c1=O. The Balaban J connectivity index is 1.46. The number of anilines is 2. The van der Waals surface area contributed by atoms with Crippen LogP contribution in [0.2, 0.25) is 0 Å². The Labute approximate surface area is 359 Å². The van der Waals surface area contributed by atoms with E-state index in [9.17, 15) is 73.8 Å². The van der Waals surface area contributed by atoms with Gasteiger partial charge >= 0.3 is 29.6 Å². The van der Waals surface area contributed by atoms with Crippen molar-refractivity contribution in [2.45, 2.75) is 20.4 Å². The number of aromatic carboxylic acids is 4. The maximum atomic E-state index is 13.7. The zero-order chi connectivity index (χ0) is 48.2. The van der Waals surface area contributed by atoms with Gasteiger partial charge in [0.15, 0.2) is 11.4 Å². The van der Waals surface area contributed by atoms with Gasteiger partial charge in [-0.05, 0) is 50.2 Å². The monoisotopic (exact) mass is 897 g/mol. The van der Waals surface area contributed by atoms with Crippen LogP contribution in [0.4, 0.5) is 34.6 Å². The van der Waals surface area contributed by atoms with Crippen molar-refractivity contribution >= 4 is 76.2 Å². The first-order valence-electron chi connectivity index (χ1n) is 17.8.